The molecule has 1 N–H and O–H groups in total. The van der Waals surface area contributed by atoms with E-state index < -0.39 is 6.04 Å². The van der Waals surface area contributed by atoms with Crippen LogP contribution in [-0.4, -0.2) is 36.4 Å². The summed E-state index contributed by atoms with van der Waals surface area (Å²) in [5.41, 5.74) is 1.67. The zero-order valence-corrected chi connectivity index (χ0v) is 19.8. The van der Waals surface area contributed by atoms with Crippen molar-refractivity contribution in [1.82, 2.24) is 10.2 Å². The van der Waals surface area contributed by atoms with Crippen LogP contribution in [0.5, 0.6) is 5.75 Å². The van der Waals surface area contributed by atoms with E-state index in [0.29, 0.717) is 23.0 Å². The second-order valence-electron chi connectivity index (χ2n) is 7.36. The Bertz CT molecular complexity index is 872. The SMILES string of the molecule is CCCCNC(=O)[C@@H](CC)N(Cc1ccc(Cl)c(Cl)c1)C(=O)Cc1ccc(OC)cc1. The third kappa shape index (κ3) is 7.44. The van der Waals surface area contributed by atoms with Crippen LogP contribution in [0, 0.1) is 0 Å². The van der Waals surface area contributed by atoms with Gasteiger partial charge in [-0.05, 0) is 48.2 Å². The fraction of sp³-hybridized carbons (Fsp3) is 0.417. The van der Waals surface area contributed by atoms with Crippen molar-refractivity contribution in [2.45, 2.75) is 52.1 Å². The minimum atomic E-state index is -0.572. The van der Waals surface area contributed by atoms with E-state index in [0.717, 1.165) is 29.7 Å². The smallest absolute Gasteiger partial charge is 0.242 e. The summed E-state index contributed by atoms with van der Waals surface area (Å²) in [7, 11) is 1.60. The van der Waals surface area contributed by atoms with Gasteiger partial charge in [0.15, 0.2) is 0 Å². The molecule has 5 nitrogen and oxygen atoms in total. The van der Waals surface area contributed by atoms with Crippen molar-refractivity contribution in [1.29, 1.82) is 0 Å². The Morgan fingerprint density at radius 2 is 1.71 bits per heavy atom. The third-order valence-electron chi connectivity index (χ3n) is 5.07. The molecule has 0 aliphatic heterocycles. The van der Waals surface area contributed by atoms with Gasteiger partial charge in [-0.3, -0.25) is 9.59 Å². The highest BCUT2D eigenvalue weighted by molar-refractivity contribution is 6.42. The average molecular weight is 465 g/mol. The van der Waals surface area contributed by atoms with E-state index in [1.807, 2.05) is 37.3 Å². The standard InChI is InChI=1S/C24H30Cl2N2O3/c1-4-6-13-27-24(30)22(5-2)28(16-18-9-12-20(25)21(26)14-18)23(29)15-17-7-10-19(31-3)11-8-17/h7-12,14,22H,4-6,13,15-16H2,1-3H3,(H,27,30)/t22-/m1/s1. The van der Waals surface area contributed by atoms with Gasteiger partial charge >= 0.3 is 0 Å². The van der Waals surface area contributed by atoms with Crippen molar-refractivity contribution in [2.24, 2.45) is 0 Å². The monoisotopic (exact) mass is 464 g/mol. The van der Waals surface area contributed by atoms with Crippen molar-refractivity contribution in [3.8, 4) is 5.75 Å². The molecule has 0 radical (unpaired) electrons. The van der Waals surface area contributed by atoms with Gasteiger partial charge in [0.1, 0.15) is 11.8 Å². The molecule has 0 aromatic heterocycles. The first-order valence-electron chi connectivity index (χ1n) is 10.5. The van der Waals surface area contributed by atoms with Crippen molar-refractivity contribution < 1.29 is 14.3 Å². The molecule has 7 heteroatoms. The number of halogens is 2. The lowest BCUT2D eigenvalue weighted by Crippen LogP contribution is -2.49. The molecule has 2 rings (SSSR count). The highest BCUT2D eigenvalue weighted by Crippen LogP contribution is 2.24. The van der Waals surface area contributed by atoms with Gasteiger partial charge in [-0.2, -0.15) is 0 Å². The molecule has 0 saturated heterocycles. The normalized spacial score (nSPS) is 11.6. The molecular formula is C24H30Cl2N2O3. The van der Waals surface area contributed by atoms with Gasteiger partial charge in [-0.15, -0.1) is 0 Å². The second-order valence-corrected chi connectivity index (χ2v) is 8.18. The molecule has 0 fully saturated rings. The average Bonchev–Trinajstić information content (AvgIpc) is 2.76. The lowest BCUT2D eigenvalue weighted by Gasteiger charge is -2.31. The van der Waals surface area contributed by atoms with Gasteiger partial charge in [0.25, 0.3) is 0 Å². The zero-order valence-electron chi connectivity index (χ0n) is 18.3. The number of hydrogen-bond donors (Lipinski definition) is 1. The zero-order chi connectivity index (χ0) is 22.8. The molecule has 2 aromatic carbocycles. The predicted octanol–water partition coefficient (Wildman–Crippen LogP) is 5.27. The number of amides is 2. The molecule has 2 amide bonds. The molecule has 0 saturated carbocycles. The van der Waals surface area contributed by atoms with E-state index in [4.69, 9.17) is 27.9 Å². The van der Waals surface area contributed by atoms with Gasteiger partial charge in [0.05, 0.1) is 23.6 Å². The number of hydrogen-bond acceptors (Lipinski definition) is 3. The number of benzene rings is 2. The van der Waals surface area contributed by atoms with E-state index in [1.54, 1.807) is 24.1 Å². The molecule has 168 valence electrons. The summed E-state index contributed by atoms with van der Waals surface area (Å²) in [5.74, 6) is 0.457. The number of ether oxygens (including phenoxy) is 1. The number of nitrogens with zero attached hydrogens (tertiary/aromatic N) is 1. The van der Waals surface area contributed by atoms with Gasteiger partial charge in [-0.1, -0.05) is 61.7 Å². The molecule has 0 spiro atoms. The van der Waals surface area contributed by atoms with Gasteiger partial charge in [0.2, 0.25) is 11.8 Å². The Kier molecular flexibility index (Phi) is 10.2. The minimum Gasteiger partial charge on any atom is -0.497 e. The van der Waals surface area contributed by atoms with Crippen LogP contribution in [0.1, 0.15) is 44.2 Å². The van der Waals surface area contributed by atoms with Crippen LogP contribution in [0.15, 0.2) is 42.5 Å². The quantitative estimate of drug-likeness (QED) is 0.460. The maximum atomic E-state index is 13.3. The molecule has 0 heterocycles. The Balaban J connectivity index is 2.26. The van der Waals surface area contributed by atoms with Gasteiger partial charge in [-0.25, -0.2) is 0 Å². The Labute approximate surface area is 194 Å². The summed E-state index contributed by atoms with van der Waals surface area (Å²) in [6, 6.07) is 12.0. The second kappa shape index (κ2) is 12.6. The molecule has 31 heavy (non-hydrogen) atoms. The van der Waals surface area contributed by atoms with Crippen LogP contribution in [-0.2, 0) is 22.6 Å². The first-order valence-corrected chi connectivity index (χ1v) is 11.3. The molecular weight excluding hydrogens is 435 g/mol. The van der Waals surface area contributed by atoms with Crippen LogP contribution < -0.4 is 10.1 Å². The molecule has 0 aliphatic rings. The number of rotatable bonds is 11. The number of nitrogens with one attached hydrogen (secondary N) is 1. The Morgan fingerprint density at radius 1 is 1.03 bits per heavy atom. The summed E-state index contributed by atoms with van der Waals surface area (Å²) in [6.07, 6.45) is 2.58. The van der Waals surface area contributed by atoms with Gasteiger partial charge in [0, 0.05) is 13.1 Å². The van der Waals surface area contributed by atoms with E-state index in [2.05, 4.69) is 12.2 Å². The number of carbonyl (C=O) groups is 2. The number of unbranched alkanes of at least 4 members (excludes halogenated alkanes) is 1. The fourth-order valence-electron chi connectivity index (χ4n) is 3.28. The van der Waals surface area contributed by atoms with Gasteiger partial charge < -0.3 is 15.0 Å². The maximum absolute atomic E-state index is 13.3. The first kappa shape index (κ1) is 25.0. The highest BCUT2D eigenvalue weighted by atomic mass is 35.5. The lowest BCUT2D eigenvalue weighted by molar-refractivity contribution is -0.140. The topological polar surface area (TPSA) is 58.6 Å². The van der Waals surface area contributed by atoms with Crippen LogP contribution in [0.2, 0.25) is 10.0 Å². The van der Waals surface area contributed by atoms with Crippen LogP contribution >= 0.6 is 23.2 Å². The van der Waals surface area contributed by atoms with Crippen molar-refractivity contribution in [3.63, 3.8) is 0 Å². The summed E-state index contributed by atoms with van der Waals surface area (Å²) in [6.45, 7) is 4.84. The third-order valence-corrected chi connectivity index (χ3v) is 5.81. The summed E-state index contributed by atoms with van der Waals surface area (Å²) in [5, 5.41) is 3.83. The van der Waals surface area contributed by atoms with E-state index >= 15 is 0 Å². The van der Waals surface area contributed by atoms with Crippen LogP contribution in [0.3, 0.4) is 0 Å². The molecule has 0 unspecified atom stereocenters. The fourth-order valence-corrected chi connectivity index (χ4v) is 3.60. The number of methoxy groups -OCH3 is 1. The largest absolute Gasteiger partial charge is 0.497 e. The van der Waals surface area contributed by atoms with Crippen LogP contribution in [0.25, 0.3) is 0 Å². The molecule has 1 atom stereocenters. The van der Waals surface area contributed by atoms with Crippen LogP contribution in [0.4, 0.5) is 0 Å². The first-order chi connectivity index (χ1) is 14.9. The van der Waals surface area contributed by atoms with E-state index in [1.165, 1.54) is 0 Å². The van der Waals surface area contributed by atoms with E-state index in [-0.39, 0.29) is 24.8 Å². The highest BCUT2D eigenvalue weighted by Gasteiger charge is 2.28. The number of carbonyl (C=O) groups excluding carboxylic acids is 2. The Hall–Kier alpha value is -2.24. The van der Waals surface area contributed by atoms with Crippen molar-refractivity contribution in [3.05, 3.63) is 63.6 Å². The van der Waals surface area contributed by atoms with Crippen molar-refractivity contribution >= 4 is 35.0 Å². The Morgan fingerprint density at radius 3 is 2.29 bits per heavy atom. The predicted molar refractivity (Wildman–Crippen MR) is 126 cm³/mol. The lowest BCUT2D eigenvalue weighted by atomic mass is 10.1. The van der Waals surface area contributed by atoms with E-state index in [9.17, 15) is 9.59 Å². The molecule has 0 bridgehead atoms. The maximum Gasteiger partial charge on any atom is 0.242 e. The summed E-state index contributed by atoms with van der Waals surface area (Å²) >= 11 is 12.2. The molecule has 0 aliphatic carbocycles. The molecule has 2 aromatic rings. The summed E-state index contributed by atoms with van der Waals surface area (Å²) in [4.78, 5) is 27.8. The van der Waals surface area contributed by atoms with Crippen molar-refractivity contribution in [2.75, 3.05) is 13.7 Å². The summed E-state index contributed by atoms with van der Waals surface area (Å²) < 4.78 is 5.18. The minimum absolute atomic E-state index is 0.131.